The molecule has 1 saturated carbocycles. The number of hydrogen-bond donors (Lipinski definition) is 1. The van der Waals surface area contributed by atoms with Crippen molar-refractivity contribution in [3.05, 3.63) is 43.9 Å². The van der Waals surface area contributed by atoms with Crippen LogP contribution in [0.3, 0.4) is 0 Å². The van der Waals surface area contributed by atoms with Crippen molar-refractivity contribution in [2.75, 3.05) is 5.32 Å². The number of hydrogen-bond acceptors (Lipinski definition) is 6. The molecule has 0 bridgehead atoms. The van der Waals surface area contributed by atoms with Crippen molar-refractivity contribution in [3.63, 3.8) is 0 Å². The van der Waals surface area contributed by atoms with E-state index < -0.39 is 10.8 Å². The predicted octanol–water partition coefficient (Wildman–Crippen LogP) is 3.23. The Bertz CT molecular complexity index is 729. The second-order valence-corrected chi connectivity index (χ2v) is 6.04. The first-order valence-electron chi connectivity index (χ1n) is 6.13. The Morgan fingerprint density at radius 1 is 1.43 bits per heavy atom. The van der Waals surface area contributed by atoms with E-state index in [0.29, 0.717) is 11.0 Å². The van der Waals surface area contributed by atoms with E-state index in [1.54, 1.807) is 0 Å². The highest BCUT2D eigenvalue weighted by Crippen LogP contribution is 2.42. The SMILES string of the molecule is O=C(Nc1nnc(C2CC2)s1)c1ccc(Cl)cc1[N+](=O)[O-]. The van der Waals surface area contributed by atoms with E-state index in [9.17, 15) is 14.9 Å². The second-order valence-electron chi connectivity index (χ2n) is 4.59. The van der Waals surface area contributed by atoms with Gasteiger partial charge in [0.15, 0.2) is 0 Å². The maximum absolute atomic E-state index is 12.1. The van der Waals surface area contributed by atoms with Gasteiger partial charge < -0.3 is 0 Å². The van der Waals surface area contributed by atoms with Crippen LogP contribution < -0.4 is 5.32 Å². The summed E-state index contributed by atoms with van der Waals surface area (Å²) in [7, 11) is 0. The summed E-state index contributed by atoms with van der Waals surface area (Å²) in [5.74, 6) is -0.158. The fraction of sp³-hybridized carbons (Fsp3) is 0.250. The fourth-order valence-electron chi connectivity index (χ4n) is 1.79. The molecule has 0 unspecified atom stereocenters. The number of nitrogens with zero attached hydrogens (tertiary/aromatic N) is 3. The highest BCUT2D eigenvalue weighted by atomic mass is 35.5. The van der Waals surface area contributed by atoms with Crippen LogP contribution in [0, 0.1) is 10.1 Å². The average molecular weight is 325 g/mol. The third kappa shape index (κ3) is 3.01. The fourth-order valence-corrected chi connectivity index (χ4v) is 2.87. The van der Waals surface area contributed by atoms with Gasteiger partial charge in [-0.2, -0.15) is 0 Å². The highest BCUT2D eigenvalue weighted by molar-refractivity contribution is 7.15. The molecule has 108 valence electrons. The first kappa shape index (κ1) is 13.9. The van der Waals surface area contributed by atoms with Crippen molar-refractivity contribution in [2.45, 2.75) is 18.8 Å². The molecule has 1 aliphatic rings. The Hall–Kier alpha value is -2.06. The number of carbonyl (C=O) groups is 1. The predicted molar refractivity (Wildman–Crippen MR) is 77.9 cm³/mol. The van der Waals surface area contributed by atoms with Crippen LogP contribution in [0.2, 0.25) is 5.02 Å². The van der Waals surface area contributed by atoms with Crippen molar-refractivity contribution in [1.82, 2.24) is 10.2 Å². The molecule has 1 N–H and O–H groups in total. The smallest absolute Gasteiger partial charge is 0.283 e. The Kier molecular flexibility index (Phi) is 3.56. The van der Waals surface area contributed by atoms with Crippen LogP contribution in [-0.4, -0.2) is 21.0 Å². The first-order chi connectivity index (χ1) is 10.0. The molecule has 0 saturated heterocycles. The van der Waals surface area contributed by atoms with E-state index in [-0.39, 0.29) is 16.3 Å². The van der Waals surface area contributed by atoms with Crippen LogP contribution >= 0.6 is 22.9 Å². The van der Waals surface area contributed by atoms with E-state index >= 15 is 0 Å². The summed E-state index contributed by atoms with van der Waals surface area (Å²) in [5, 5.41) is 22.8. The lowest BCUT2D eigenvalue weighted by atomic mass is 10.1. The summed E-state index contributed by atoms with van der Waals surface area (Å²) < 4.78 is 0. The number of halogens is 1. The average Bonchev–Trinajstić information content (AvgIpc) is 3.19. The number of amides is 1. The maximum Gasteiger partial charge on any atom is 0.283 e. The number of rotatable bonds is 4. The van der Waals surface area contributed by atoms with Crippen molar-refractivity contribution < 1.29 is 9.72 Å². The number of anilines is 1. The lowest BCUT2D eigenvalue weighted by Crippen LogP contribution is -2.13. The monoisotopic (exact) mass is 324 g/mol. The number of nitro benzene ring substituents is 1. The third-order valence-electron chi connectivity index (χ3n) is 2.99. The van der Waals surface area contributed by atoms with E-state index in [2.05, 4.69) is 15.5 Å². The lowest BCUT2D eigenvalue weighted by Gasteiger charge is -2.02. The Morgan fingerprint density at radius 2 is 2.19 bits per heavy atom. The van der Waals surface area contributed by atoms with Crippen LogP contribution in [0.25, 0.3) is 0 Å². The van der Waals surface area contributed by atoms with Crippen molar-refractivity contribution in [2.24, 2.45) is 0 Å². The Morgan fingerprint density at radius 3 is 2.86 bits per heavy atom. The largest absolute Gasteiger partial charge is 0.296 e. The van der Waals surface area contributed by atoms with Gasteiger partial charge in [0, 0.05) is 17.0 Å². The minimum atomic E-state index is -0.642. The van der Waals surface area contributed by atoms with Gasteiger partial charge in [-0.05, 0) is 25.0 Å². The van der Waals surface area contributed by atoms with Crippen LogP contribution in [0.5, 0.6) is 0 Å². The van der Waals surface area contributed by atoms with Gasteiger partial charge in [-0.3, -0.25) is 20.2 Å². The van der Waals surface area contributed by atoms with E-state index in [1.165, 1.54) is 23.5 Å². The molecule has 0 radical (unpaired) electrons. The summed E-state index contributed by atoms with van der Waals surface area (Å²) in [6.45, 7) is 0. The molecule has 7 nitrogen and oxygen atoms in total. The molecule has 1 fully saturated rings. The van der Waals surface area contributed by atoms with Crippen LogP contribution in [0.15, 0.2) is 18.2 Å². The molecular weight excluding hydrogens is 316 g/mol. The molecule has 0 atom stereocenters. The minimum Gasteiger partial charge on any atom is -0.296 e. The van der Waals surface area contributed by atoms with Crippen LogP contribution in [-0.2, 0) is 0 Å². The third-order valence-corrected chi connectivity index (χ3v) is 4.23. The summed E-state index contributed by atoms with van der Waals surface area (Å²) in [6.07, 6.45) is 2.18. The van der Waals surface area contributed by atoms with Gasteiger partial charge >= 0.3 is 0 Å². The number of aromatic nitrogens is 2. The van der Waals surface area contributed by atoms with Gasteiger partial charge in [0.05, 0.1) is 4.92 Å². The molecule has 21 heavy (non-hydrogen) atoms. The molecule has 2 aromatic rings. The molecule has 0 spiro atoms. The molecule has 1 heterocycles. The van der Waals surface area contributed by atoms with Gasteiger partial charge in [-0.25, -0.2) is 0 Å². The molecule has 1 aromatic carbocycles. The number of carbonyl (C=O) groups excluding carboxylic acids is 1. The second kappa shape index (κ2) is 5.38. The first-order valence-corrected chi connectivity index (χ1v) is 7.32. The molecule has 0 aliphatic heterocycles. The van der Waals surface area contributed by atoms with Crippen molar-refractivity contribution in [1.29, 1.82) is 0 Å². The van der Waals surface area contributed by atoms with E-state index in [4.69, 9.17) is 11.6 Å². The number of benzene rings is 1. The quantitative estimate of drug-likeness (QED) is 0.687. The Labute approximate surface area is 128 Å². The summed E-state index contributed by atoms with van der Waals surface area (Å²) in [6, 6.07) is 3.89. The summed E-state index contributed by atoms with van der Waals surface area (Å²) in [5.41, 5.74) is -0.403. The van der Waals surface area contributed by atoms with E-state index in [1.807, 2.05) is 0 Å². The molecule has 1 aromatic heterocycles. The molecule has 3 rings (SSSR count). The standard InChI is InChI=1S/C12H9ClN4O3S/c13-7-3-4-8(9(5-7)17(19)20)10(18)14-12-16-15-11(21-12)6-1-2-6/h3-6H,1-2H2,(H,14,16,18). The lowest BCUT2D eigenvalue weighted by molar-refractivity contribution is -0.385. The molecule has 1 amide bonds. The zero-order chi connectivity index (χ0) is 15.0. The number of nitrogens with one attached hydrogen (secondary N) is 1. The van der Waals surface area contributed by atoms with Crippen LogP contribution in [0.4, 0.5) is 10.8 Å². The van der Waals surface area contributed by atoms with Gasteiger partial charge in [-0.1, -0.05) is 22.9 Å². The zero-order valence-electron chi connectivity index (χ0n) is 10.6. The minimum absolute atomic E-state index is 0.0624. The topological polar surface area (TPSA) is 98.0 Å². The van der Waals surface area contributed by atoms with Gasteiger partial charge in [0.2, 0.25) is 5.13 Å². The summed E-state index contributed by atoms with van der Waals surface area (Å²) >= 11 is 7.01. The Balaban J connectivity index is 1.82. The van der Waals surface area contributed by atoms with E-state index in [0.717, 1.165) is 23.9 Å². The van der Waals surface area contributed by atoms with Gasteiger partial charge in [-0.15, -0.1) is 10.2 Å². The maximum atomic E-state index is 12.1. The normalized spacial score (nSPS) is 14.0. The number of nitro groups is 1. The highest BCUT2D eigenvalue weighted by Gasteiger charge is 2.28. The zero-order valence-corrected chi connectivity index (χ0v) is 12.1. The van der Waals surface area contributed by atoms with Gasteiger partial charge in [0.25, 0.3) is 11.6 Å². The van der Waals surface area contributed by atoms with Crippen molar-refractivity contribution in [3.8, 4) is 0 Å². The van der Waals surface area contributed by atoms with Crippen LogP contribution in [0.1, 0.15) is 34.1 Å². The molecular formula is C12H9ClN4O3S. The summed E-state index contributed by atoms with van der Waals surface area (Å²) in [4.78, 5) is 22.5. The molecule has 9 heteroatoms. The van der Waals surface area contributed by atoms with Crippen molar-refractivity contribution >= 4 is 39.7 Å². The van der Waals surface area contributed by atoms with Gasteiger partial charge in [0.1, 0.15) is 10.6 Å². The molecule has 1 aliphatic carbocycles.